The summed E-state index contributed by atoms with van der Waals surface area (Å²) in [6.45, 7) is 5.06. The van der Waals surface area contributed by atoms with Crippen LogP contribution in [0, 0.1) is 0 Å². The number of aryl methyl sites for hydroxylation is 2. The molecule has 0 aliphatic carbocycles. The summed E-state index contributed by atoms with van der Waals surface area (Å²) in [4.78, 5) is 41.6. The molecule has 4 rings (SSSR count). The summed E-state index contributed by atoms with van der Waals surface area (Å²) in [6, 6.07) is 8.17. The number of carbonyl (C=O) groups excluding carboxylic acids is 3. The van der Waals surface area contributed by atoms with Gasteiger partial charge in [-0.15, -0.1) is 0 Å². The molecule has 2 aliphatic heterocycles. The van der Waals surface area contributed by atoms with Crippen LogP contribution in [0.25, 0.3) is 0 Å². The number of amides is 3. The van der Waals surface area contributed by atoms with E-state index < -0.39 is 0 Å². The quantitative estimate of drug-likeness (QED) is 0.699. The van der Waals surface area contributed by atoms with Gasteiger partial charge >= 0.3 is 0 Å². The molecule has 1 saturated heterocycles. The monoisotopic (exact) mass is 451 g/mol. The fourth-order valence-corrected chi connectivity index (χ4v) is 4.61. The van der Waals surface area contributed by atoms with Crippen LogP contribution in [0.15, 0.2) is 24.3 Å². The number of rotatable bonds is 7. The van der Waals surface area contributed by atoms with Gasteiger partial charge in [-0.05, 0) is 30.4 Å². The molecule has 33 heavy (non-hydrogen) atoms. The lowest BCUT2D eigenvalue weighted by Crippen LogP contribution is -2.38. The first-order valence-corrected chi connectivity index (χ1v) is 11.9. The number of nitrogens with one attached hydrogen (secondary N) is 1. The summed E-state index contributed by atoms with van der Waals surface area (Å²) in [5.74, 6) is -0.233. The molecule has 0 radical (unpaired) electrons. The molecule has 2 aliphatic rings. The molecular formula is C25H33N5O3. The summed E-state index contributed by atoms with van der Waals surface area (Å²) >= 11 is 0. The summed E-state index contributed by atoms with van der Waals surface area (Å²) in [5, 5.41) is 7.39. The van der Waals surface area contributed by atoms with E-state index in [4.69, 9.17) is 0 Å². The molecule has 8 nitrogen and oxygen atoms in total. The SMILES string of the molecule is CCc1ccc(CNC(=O)CCC(=O)N2CCc3c(c(C(=O)N4CCCC4)nn3C)C2)cc1. The zero-order valence-electron chi connectivity index (χ0n) is 19.6. The minimum atomic E-state index is -0.133. The maximum absolute atomic E-state index is 12.9. The second-order valence-corrected chi connectivity index (χ2v) is 8.91. The van der Waals surface area contributed by atoms with Crippen LogP contribution in [0.4, 0.5) is 0 Å². The molecule has 176 valence electrons. The van der Waals surface area contributed by atoms with Gasteiger partial charge in [-0.2, -0.15) is 5.10 Å². The number of aromatic nitrogens is 2. The predicted molar refractivity (Wildman–Crippen MR) is 124 cm³/mol. The van der Waals surface area contributed by atoms with Gasteiger partial charge < -0.3 is 15.1 Å². The van der Waals surface area contributed by atoms with Crippen molar-refractivity contribution < 1.29 is 14.4 Å². The molecular weight excluding hydrogens is 418 g/mol. The molecule has 1 N–H and O–H groups in total. The second-order valence-electron chi connectivity index (χ2n) is 8.91. The van der Waals surface area contributed by atoms with Crippen molar-refractivity contribution in [1.82, 2.24) is 24.9 Å². The minimum absolute atomic E-state index is 0.0370. The fraction of sp³-hybridized carbons (Fsp3) is 0.520. The first-order chi connectivity index (χ1) is 16.0. The average Bonchev–Trinajstić information content (AvgIpc) is 3.49. The average molecular weight is 452 g/mol. The van der Waals surface area contributed by atoms with Gasteiger partial charge in [-0.25, -0.2) is 0 Å². The number of benzene rings is 1. The van der Waals surface area contributed by atoms with E-state index in [2.05, 4.69) is 29.5 Å². The standard InChI is InChI=1S/C25H33N5O3/c1-3-18-6-8-19(9-7-18)16-26-22(31)10-11-23(32)30-15-12-21-20(17-30)24(27-28(21)2)25(33)29-13-4-5-14-29/h6-9H,3-5,10-17H2,1-2H3,(H,26,31). The lowest BCUT2D eigenvalue weighted by molar-refractivity contribution is -0.134. The van der Waals surface area contributed by atoms with Crippen molar-refractivity contribution in [3.05, 3.63) is 52.3 Å². The van der Waals surface area contributed by atoms with Crippen LogP contribution in [0.5, 0.6) is 0 Å². The molecule has 3 amide bonds. The van der Waals surface area contributed by atoms with E-state index in [1.807, 2.05) is 24.1 Å². The lowest BCUT2D eigenvalue weighted by atomic mass is 10.0. The number of hydrogen-bond acceptors (Lipinski definition) is 4. The van der Waals surface area contributed by atoms with Crippen molar-refractivity contribution in [1.29, 1.82) is 0 Å². The zero-order valence-corrected chi connectivity index (χ0v) is 19.6. The molecule has 1 aromatic heterocycles. The van der Waals surface area contributed by atoms with Crippen LogP contribution in [-0.2, 0) is 42.6 Å². The number of fused-ring (bicyclic) bond motifs is 1. The van der Waals surface area contributed by atoms with E-state index >= 15 is 0 Å². The van der Waals surface area contributed by atoms with Crippen molar-refractivity contribution >= 4 is 17.7 Å². The molecule has 0 spiro atoms. The molecule has 1 fully saturated rings. The Morgan fingerprint density at radius 3 is 2.36 bits per heavy atom. The van der Waals surface area contributed by atoms with E-state index in [1.165, 1.54) is 5.56 Å². The topological polar surface area (TPSA) is 87.5 Å². The Morgan fingerprint density at radius 2 is 1.67 bits per heavy atom. The Hall–Kier alpha value is -3.16. The van der Waals surface area contributed by atoms with Crippen LogP contribution in [0.3, 0.4) is 0 Å². The van der Waals surface area contributed by atoms with E-state index in [-0.39, 0.29) is 30.6 Å². The van der Waals surface area contributed by atoms with Crippen molar-refractivity contribution in [2.75, 3.05) is 19.6 Å². The normalized spacial score (nSPS) is 15.5. The highest BCUT2D eigenvalue weighted by Gasteiger charge is 2.31. The molecule has 1 aromatic carbocycles. The maximum atomic E-state index is 12.9. The highest BCUT2D eigenvalue weighted by Crippen LogP contribution is 2.25. The third-order valence-electron chi connectivity index (χ3n) is 6.68. The Labute approximate surface area is 194 Å². The summed E-state index contributed by atoms with van der Waals surface area (Å²) in [5.41, 5.74) is 4.66. The summed E-state index contributed by atoms with van der Waals surface area (Å²) in [6.07, 6.45) is 4.01. The zero-order chi connectivity index (χ0) is 23.4. The molecule has 3 heterocycles. The number of carbonyl (C=O) groups is 3. The van der Waals surface area contributed by atoms with Gasteiger partial charge in [-0.3, -0.25) is 19.1 Å². The van der Waals surface area contributed by atoms with Gasteiger partial charge in [-0.1, -0.05) is 31.2 Å². The number of nitrogens with zero attached hydrogens (tertiary/aromatic N) is 4. The summed E-state index contributed by atoms with van der Waals surface area (Å²) < 4.78 is 1.78. The van der Waals surface area contributed by atoms with Gasteiger partial charge in [0.1, 0.15) is 0 Å². The van der Waals surface area contributed by atoms with Crippen molar-refractivity contribution in [2.24, 2.45) is 7.05 Å². The van der Waals surface area contributed by atoms with Gasteiger partial charge in [0, 0.05) is 70.3 Å². The Bertz CT molecular complexity index is 1020. The summed E-state index contributed by atoms with van der Waals surface area (Å²) in [7, 11) is 1.86. The van der Waals surface area contributed by atoms with Crippen LogP contribution >= 0.6 is 0 Å². The van der Waals surface area contributed by atoms with Gasteiger partial charge in [0.2, 0.25) is 11.8 Å². The van der Waals surface area contributed by atoms with Gasteiger partial charge in [0.25, 0.3) is 5.91 Å². The van der Waals surface area contributed by atoms with E-state index in [0.717, 1.165) is 49.2 Å². The largest absolute Gasteiger partial charge is 0.352 e. The number of hydrogen-bond donors (Lipinski definition) is 1. The van der Waals surface area contributed by atoms with Crippen molar-refractivity contribution in [2.45, 2.75) is 58.5 Å². The number of likely N-dealkylation sites (tertiary alicyclic amines) is 1. The third-order valence-corrected chi connectivity index (χ3v) is 6.68. The van der Waals surface area contributed by atoms with Crippen molar-refractivity contribution in [3.8, 4) is 0 Å². The van der Waals surface area contributed by atoms with Crippen molar-refractivity contribution in [3.63, 3.8) is 0 Å². The molecule has 0 bridgehead atoms. The molecule has 0 saturated carbocycles. The second kappa shape index (κ2) is 10.2. The van der Waals surface area contributed by atoms with Gasteiger partial charge in [0.05, 0.1) is 0 Å². The Morgan fingerprint density at radius 1 is 0.970 bits per heavy atom. The highest BCUT2D eigenvalue weighted by atomic mass is 16.2. The molecule has 0 atom stereocenters. The predicted octanol–water partition coefficient (Wildman–Crippen LogP) is 2.20. The first-order valence-electron chi connectivity index (χ1n) is 11.9. The first kappa shape index (κ1) is 23.0. The molecule has 0 unspecified atom stereocenters. The molecule has 8 heteroatoms. The van der Waals surface area contributed by atoms with E-state index in [1.54, 1.807) is 9.58 Å². The third kappa shape index (κ3) is 5.26. The highest BCUT2D eigenvalue weighted by molar-refractivity contribution is 5.94. The minimum Gasteiger partial charge on any atom is -0.352 e. The van der Waals surface area contributed by atoms with Crippen LogP contribution in [0.2, 0.25) is 0 Å². The lowest BCUT2D eigenvalue weighted by Gasteiger charge is -2.28. The van der Waals surface area contributed by atoms with Crippen LogP contribution < -0.4 is 5.32 Å². The molecule has 2 aromatic rings. The smallest absolute Gasteiger partial charge is 0.274 e. The maximum Gasteiger partial charge on any atom is 0.274 e. The van der Waals surface area contributed by atoms with Gasteiger partial charge in [0.15, 0.2) is 5.69 Å². The fourth-order valence-electron chi connectivity index (χ4n) is 4.61. The van der Waals surface area contributed by atoms with Crippen LogP contribution in [0.1, 0.15) is 65.5 Å². The Balaban J connectivity index is 1.30. The van der Waals surface area contributed by atoms with E-state index in [9.17, 15) is 14.4 Å². The van der Waals surface area contributed by atoms with E-state index in [0.29, 0.717) is 31.7 Å². The Kier molecular flexibility index (Phi) is 7.11. The van der Waals surface area contributed by atoms with Crippen LogP contribution in [-0.4, -0.2) is 56.9 Å².